The van der Waals surface area contributed by atoms with Crippen molar-refractivity contribution < 1.29 is 19.1 Å². The van der Waals surface area contributed by atoms with E-state index in [1.54, 1.807) is 6.92 Å². The highest BCUT2D eigenvalue weighted by Gasteiger charge is 2.60. The molecule has 4 saturated carbocycles. The summed E-state index contributed by atoms with van der Waals surface area (Å²) in [6.07, 6.45) is 6.88. The van der Waals surface area contributed by atoms with Crippen molar-refractivity contribution in [3.8, 4) is 0 Å². The minimum atomic E-state index is -0.315. The average Bonchev–Trinajstić information content (AvgIpc) is 2.54. The van der Waals surface area contributed by atoms with Crippen LogP contribution in [-0.4, -0.2) is 30.8 Å². The third-order valence-corrected chi connectivity index (χ3v) is 6.72. The first-order chi connectivity index (χ1) is 12.0. The van der Waals surface area contributed by atoms with E-state index in [9.17, 15) is 9.59 Å². The lowest BCUT2D eigenvalue weighted by atomic mass is 9.47. The van der Waals surface area contributed by atoms with Gasteiger partial charge >= 0.3 is 12.1 Å². The molecule has 4 aliphatic carbocycles. The van der Waals surface area contributed by atoms with E-state index in [2.05, 4.69) is 19.2 Å². The molecular weight excluding hydrogens is 318 g/mol. The Balaban J connectivity index is 1.54. The Kier molecular flexibility index (Phi) is 5.59. The van der Waals surface area contributed by atoms with Crippen LogP contribution < -0.4 is 5.32 Å². The Labute approximate surface area is 151 Å². The number of hydrogen-bond donors (Lipinski definition) is 1. The first-order valence-corrected chi connectivity index (χ1v) is 10.1. The fourth-order valence-electron chi connectivity index (χ4n) is 6.00. The Morgan fingerprint density at radius 1 is 1.08 bits per heavy atom. The summed E-state index contributed by atoms with van der Waals surface area (Å²) in [4.78, 5) is 23.8. The lowest BCUT2D eigenvalue weighted by molar-refractivity contribution is -0.195. The van der Waals surface area contributed by atoms with Crippen molar-refractivity contribution in [1.29, 1.82) is 0 Å². The molecule has 142 valence electrons. The number of carbonyl (C=O) groups excluding carboxylic acids is 2. The Morgan fingerprint density at radius 2 is 1.68 bits per heavy atom. The summed E-state index contributed by atoms with van der Waals surface area (Å²) < 4.78 is 11.1. The van der Waals surface area contributed by atoms with Crippen molar-refractivity contribution >= 4 is 12.1 Å². The van der Waals surface area contributed by atoms with Gasteiger partial charge in [-0.05, 0) is 75.0 Å². The van der Waals surface area contributed by atoms with Gasteiger partial charge in [0.05, 0.1) is 6.61 Å². The van der Waals surface area contributed by atoms with Crippen LogP contribution in [-0.2, 0) is 14.3 Å². The van der Waals surface area contributed by atoms with Crippen molar-refractivity contribution in [3.63, 3.8) is 0 Å². The second-order valence-corrected chi connectivity index (χ2v) is 8.54. The minimum absolute atomic E-state index is 0.211. The van der Waals surface area contributed by atoms with Crippen molar-refractivity contribution in [2.45, 2.75) is 71.3 Å². The molecule has 4 rings (SSSR count). The van der Waals surface area contributed by atoms with Crippen LogP contribution in [0.2, 0.25) is 0 Å². The first kappa shape index (κ1) is 18.5. The molecule has 1 N–H and O–H groups in total. The largest absolute Gasteiger partial charge is 0.466 e. The Morgan fingerprint density at radius 3 is 2.20 bits per heavy atom. The molecular formula is C20H33NO4. The monoisotopic (exact) mass is 351 g/mol. The van der Waals surface area contributed by atoms with Gasteiger partial charge in [0.15, 0.2) is 0 Å². The van der Waals surface area contributed by atoms with Gasteiger partial charge in [-0.25, -0.2) is 4.79 Å². The number of amides is 1. The van der Waals surface area contributed by atoms with Crippen molar-refractivity contribution in [3.05, 3.63) is 0 Å². The number of nitrogens with one attached hydrogen (secondary N) is 1. The molecule has 0 aromatic carbocycles. The molecule has 1 amide bonds. The van der Waals surface area contributed by atoms with Gasteiger partial charge in [0.25, 0.3) is 0 Å². The smallest absolute Gasteiger partial charge is 0.407 e. The van der Waals surface area contributed by atoms with Crippen molar-refractivity contribution in [2.24, 2.45) is 29.6 Å². The van der Waals surface area contributed by atoms with Crippen molar-refractivity contribution in [2.75, 3.05) is 13.2 Å². The lowest BCUT2D eigenvalue weighted by Crippen LogP contribution is -2.63. The number of alkyl carbamates (subject to hydrolysis) is 1. The fourth-order valence-corrected chi connectivity index (χ4v) is 6.00. The van der Waals surface area contributed by atoms with Crippen LogP contribution in [0.3, 0.4) is 0 Å². The van der Waals surface area contributed by atoms with E-state index < -0.39 is 0 Å². The van der Waals surface area contributed by atoms with Gasteiger partial charge in [-0.1, -0.05) is 13.8 Å². The highest BCUT2D eigenvalue weighted by Crippen LogP contribution is 2.61. The average molecular weight is 351 g/mol. The van der Waals surface area contributed by atoms with E-state index in [0.29, 0.717) is 43.7 Å². The number of hydrogen-bond acceptors (Lipinski definition) is 4. The van der Waals surface area contributed by atoms with Crippen LogP contribution >= 0.6 is 0 Å². The van der Waals surface area contributed by atoms with Gasteiger partial charge in [-0.3, -0.25) is 4.79 Å². The number of rotatable bonds is 7. The van der Waals surface area contributed by atoms with Crippen molar-refractivity contribution in [1.82, 2.24) is 5.32 Å². The van der Waals surface area contributed by atoms with Crippen LogP contribution in [0.15, 0.2) is 0 Å². The summed E-state index contributed by atoms with van der Waals surface area (Å²) in [6, 6.07) is 0. The normalized spacial score (nSPS) is 35.7. The van der Waals surface area contributed by atoms with Gasteiger partial charge < -0.3 is 14.8 Å². The van der Waals surface area contributed by atoms with Crippen LogP contribution in [0.4, 0.5) is 4.79 Å². The quantitative estimate of drug-likeness (QED) is 0.558. The molecule has 0 aromatic rings. The summed E-state index contributed by atoms with van der Waals surface area (Å²) in [5, 5.41) is 2.85. The van der Waals surface area contributed by atoms with E-state index in [-0.39, 0.29) is 17.7 Å². The van der Waals surface area contributed by atoms with Crippen LogP contribution in [0.5, 0.6) is 0 Å². The summed E-state index contributed by atoms with van der Waals surface area (Å²) in [5.41, 5.74) is -0.293. The third kappa shape index (κ3) is 3.65. The highest BCUT2D eigenvalue weighted by molar-refractivity contribution is 5.70. The maximum absolute atomic E-state index is 12.5. The molecule has 4 bridgehead atoms. The Bertz CT molecular complexity index is 474. The molecule has 5 heteroatoms. The van der Waals surface area contributed by atoms with Gasteiger partial charge in [0, 0.05) is 13.0 Å². The van der Waals surface area contributed by atoms with Gasteiger partial charge in [-0.15, -0.1) is 0 Å². The first-order valence-electron chi connectivity index (χ1n) is 10.1. The molecule has 0 aliphatic heterocycles. The molecule has 0 atom stereocenters. The topological polar surface area (TPSA) is 64.6 Å². The molecule has 25 heavy (non-hydrogen) atoms. The highest BCUT2D eigenvalue weighted by atomic mass is 16.6. The molecule has 0 radical (unpaired) electrons. The number of ether oxygens (including phenoxy) is 2. The molecule has 4 aliphatic rings. The molecule has 0 saturated heterocycles. The SMILES string of the molecule is CCOC(=O)CCCNC(=O)OC1(C(C)C)C2CC3CC(C2)CC1C3. The second-order valence-electron chi connectivity index (χ2n) is 8.54. The molecule has 0 heterocycles. The number of carbonyl (C=O) groups is 2. The summed E-state index contributed by atoms with van der Waals surface area (Å²) in [7, 11) is 0. The molecule has 0 spiro atoms. The molecule has 5 nitrogen and oxygen atoms in total. The van der Waals surface area contributed by atoms with Gasteiger partial charge in [-0.2, -0.15) is 0 Å². The van der Waals surface area contributed by atoms with E-state index in [1.807, 2.05) is 0 Å². The standard InChI is InChI=1S/C20H33NO4/c1-4-24-18(22)6-5-7-21-19(23)25-20(13(2)3)16-9-14-8-15(11-16)12-17(20)10-14/h13-17H,4-12H2,1-3H3,(H,21,23). The maximum Gasteiger partial charge on any atom is 0.407 e. The predicted molar refractivity (Wildman–Crippen MR) is 95.0 cm³/mol. The summed E-state index contributed by atoms with van der Waals surface area (Å²) in [6.45, 7) is 7.05. The number of esters is 1. The molecule has 0 unspecified atom stereocenters. The maximum atomic E-state index is 12.5. The van der Waals surface area contributed by atoms with Gasteiger partial charge in [0.2, 0.25) is 0 Å². The zero-order chi connectivity index (χ0) is 18.0. The van der Waals surface area contributed by atoms with Gasteiger partial charge in [0.1, 0.15) is 5.60 Å². The minimum Gasteiger partial charge on any atom is -0.466 e. The van der Waals surface area contributed by atoms with E-state index >= 15 is 0 Å². The van der Waals surface area contributed by atoms with Crippen LogP contribution in [0.25, 0.3) is 0 Å². The zero-order valence-electron chi connectivity index (χ0n) is 15.9. The van der Waals surface area contributed by atoms with E-state index in [4.69, 9.17) is 9.47 Å². The van der Waals surface area contributed by atoms with Crippen LogP contribution in [0, 0.1) is 29.6 Å². The summed E-state index contributed by atoms with van der Waals surface area (Å²) in [5.74, 6) is 2.88. The summed E-state index contributed by atoms with van der Waals surface area (Å²) >= 11 is 0. The predicted octanol–water partition coefficient (Wildman–Crippen LogP) is 3.91. The zero-order valence-corrected chi connectivity index (χ0v) is 15.9. The molecule has 4 fully saturated rings. The van der Waals surface area contributed by atoms with E-state index in [0.717, 1.165) is 11.8 Å². The molecule has 0 aromatic heterocycles. The van der Waals surface area contributed by atoms with E-state index in [1.165, 1.54) is 32.1 Å². The third-order valence-electron chi connectivity index (χ3n) is 6.72. The Hall–Kier alpha value is -1.26. The van der Waals surface area contributed by atoms with Crippen LogP contribution in [0.1, 0.15) is 65.7 Å². The fraction of sp³-hybridized carbons (Fsp3) is 0.900. The lowest BCUT2D eigenvalue weighted by Gasteiger charge is -2.61. The second kappa shape index (κ2) is 7.55.